The minimum Gasteiger partial charge on any atom is -0.460 e. The fraction of sp³-hybridized carbons (Fsp3) is 0.516. The van der Waals surface area contributed by atoms with Crippen molar-refractivity contribution in [2.75, 3.05) is 5.32 Å². The lowest BCUT2D eigenvalue weighted by atomic mass is 9.54. The second-order valence-electron chi connectivity index (χ2n) is 12.2. The standard InChI is InChI=1S/C31H37FN2O3/c1-30(2,3)37-29(36)12-11-28(35)34-22-6-8-23-19(16-22)5-7-25-24(23)13-14-31(4)26(9-10-27(25)31)20-15-21(32)18-33-17-20/h6,8-9,15-18,24-25,27H,5,7,10-14H2,1-4H3,(H,34,35)/t24-,25-,27+,31-/m1/s1. The summed E-state index contributed by atoms with van der Waals surface area (Å²) in [6.07, 6.45) is 10.9. The van der Waals surface area contributed by atoms with E-state index in [0.717, 1.165) is 43.4 Å². The number of anilines is 1. The average molecular weight is 505 g/mol. The number of ether oxygens (including phenoxy) is 1. The summed E-state index contributed by atoms with van der Waals surface area (Å²) < 4.78 is 19.2. The van der Waals surface area contributed by atoms with Crippen molar-refractivity contribution in [3.05, 3.63) is 65.2 Å². The summed E-state index contributed by atoms with van der Waals surface area (Å²) >= 11 is 0. The van der Waals surface area contributed by atoms with Crippen molar-refractivity contribution in [2.45, 2.75) is 84.2 Å². The van der Waals surface area contributed by atoms with Crippen LogP contribution in [0.15, 0.2) is 42.7 Å². The minimum atomic E-state index is -0.548. The van der Waals surface area contributed by atoms with Gasteiger partial charge in [-0.05, 0) is 117 Å². The molecule has 1 aromatic heterocycles. The molecule has 1 saturated carbocycles. The van der Waals surface area contributed by atoms with Gasteiger partial charge in [0.1, 0.15) is 11.4 Å². The molecular formula is C31H37FN2O3. The summed E-state index contributed by atoms with van der Waals surface area (Å²) in [5.74, 6) is 0.835. The van der Waals surface area contributed by atoms with Gasteiger partial charge in [-0.1, -0.05) is 19.1 Å². The summed E-state index contributed by atoms with van der Waals surface area (Å²) in [6.45, 7) is 7.82. The van der Waals surface area contributed by atoms with Crippen LogP contribution in [0.2, 0.25) is 0 Å². The van der Waals surface area contributed by atoms with E-state index < -0.39 is 5.60 Å². The maximum Gasteiger partial charge on any atom is 0.306 e. The van der Waals surface area contributed by atoms with Crippen LogP contribution in [0.3, 0.4) is 0 Å². The lowest BCUT2D eigenvalue weighted by Crippen LogP contribution is -2.40. The Morgan fingerprint density at radius 2 is 1.97 bits per heavy atom. The minimum absolute atomic E-state index is 0.0518. The highest BCUT2D eigenvalue weighted by atomic mass is 19.1. The lowest BCUT2D eigenvalue weighted by molar-refractivity contribution is -0.155. The summed E-state index contributed by atoms with van der Waals surface area (Å²) in [7, 11) is 0. The molecule has 1 aromatic carbocycles. The smallest absolute Gasteiger partial charge is 0.306 e. The van der Waals surface area contributed by atoms with Gasteiger partial charge in [-0.2, -0.15) is 0 Å². The molecule has 3 aliphatic rings. The Bertz CT molecular complexity index is 1250. The van der Waals surface area contributed by atoms with Crippen molar-refractivity contribution in [3.8, 4) is 0 Å². The molecule has 1 amide bonds. The van der Waals surface area contributed by atoms with Gasteiger partial charge >= 0.3 is 5.97 Å². The van der Waals surface area contributed by atoms with Crippen LogP contribution < -0.4 is 5.32 Å². The van der Waals surface area contributed by atoms with Crippen molar-refractivity contribution >= 4 is 23.1 Å². The molecule has 0 saturated heterocycles. The number of benzene rings is 1. The molecular weight excluding hydrogens is 467 g/mol. The van der Waals surface area contributed by atoms with Gasteiger partial charge in [0.2, 0.25) is 5.91 Å². The first-order chi connectivity index (χ1) is 17.5. The number of carbonyl (C=O) groups excluding carboxylic acids is 2. The zero-order chi connectivity index (χ0) is 26.4. The number of rotatable bonds is 5. The third-order valence-electron chi connectivity index (χ3n) is 8.58. The number of nitrogens with zero attached hydrogens (tertiary/aromatic N) is 1. The van der Waals surface area contributed by atoms with Crippen molar-refractivity contribution in [3.63, 3.8) is 0 Å². The maximum absolute atomic E-state index is 13.9. The normalized spacial score (nSPS) is 26.4. The molecule has 6 heteroatoms. The van der Waals surface area contributed by atoms with E-state index >= 15 is 0 Å². The van der Waals surface area contributed by atoms with Crippen molar-refractivity contribution < 1.29 is 18.7 Å². The van der Waals surface area contributed by atoms with Gasteiger partial charge in [0.25, 0.3) is 0 Å². The summed E-state index contributed by atoms with van der Waals surface area (Å²) in [5, 5.41) is 2.96. The first-order valence-electron chi connectivity index (χ1n) is 13.5. The highest BCUT2D eigenvalue weighted by Crippen LogP contribution is 2.63. The van der Waals surface area contributed by atoms with Gasteiger partial charge in [-0.25, -0.2) is 4.39 Å². The number of hydrogen-bond acceptors (Lipinski definition) is 4. The summed E-state index contributed by atoms with van der Waals surface area (Å²) in [6, 6.07) is 7.93. The summed E-state index contributed by atoms with van der Waals surface area (Å²) in [5.41, 5.74) is 5.20. The van der Waals surface area contributed by atoms with Gasteiger partial charge < -0.3 is 10.1 Å². The third kappa shape index (κ3) is 5.21. The van der Waals surface area contributed by atoms with E-state index in [1.807, 2.05) is 26.8 Å². The van der Waals surface area contributed by atoms with E-state index in [1.54, 1.807) is 12.3 Å². The number of nitrogens with one attached hydrogen (secondary N) is 1. The molecule has 1 N–H and O–H groups in total. The highest BCUT2D eigenvalue weighted by Gasteiger charge is 2.52. The Labute approximate surface area is 218 Å². The van der Waals surface area contributed by atoms with Crippen LogP contribution in [0, 0.1) is 23.1 Å². The van der Waals surface area contributed by atoms with E-state index in [1.165, 1.54) is 22.9 Å². The molecule has 5 nitrogen and oxygen atoms in total. The Morgan fingerprint density at radius 3 is 2.73 bits per heavy atom. The number of aromatic nitrogens is 1. The van der Waals surface area contributed by atoms with Gasteiger partial charge in [0.05, 0.1) is 12.6 Å². The van der Waals surface area contributed by atoms with Gasteiger partial charge in [-0.3, -0.25) is 14.6 Å². The molecule has 5 rings (SSSR count). The first-order valence-corrected chi connectivity index (χ1v) is 13.5. The van der Waals surface area contributed by atoms with E-state index in [0.29, 0.717) is 17.8 Å². The van der Waals surface area contributed by atoms with E-state index in [4.69, 9.17) is 4.74 Å². The molecule has 1 fully saturated rings. The molecule has 196 valence electrons. The molecule has 37 heavy (non-hydrogen) atoms. The number of hydrogen-bond donors (Lipinski definition) is 1. The molecule has 2 aromatic rings. The number of halogens is 1. The fourth-order valence-corrected chi connectivity index (χ4v) is 7.07. The second kappa shape index (κ2) is 9.70. The first kappa shape index (κ1) is 25.6. The molecule has 3 aliphatic carbocycles. The zero-order valence-electron chi connectivity index (χ0n) is 22.3. The van der Waals surface area contributed by atoms with Crippen LogP contribution in [0.4, 0.5) is 10.1 Å². The molecule has 4 atom stereocenters. The Morgan fingerprint density at radius 1 is 1.16 bits per heavy atom. The van der Waals surface area contributed by atoms with E-state index in [-0.39, 0.29) is 36.0 Å². The van der Waals surface area contributed by atoms with Crippen molar-refractivity contribution in [1.82, 2.24) is 4.98 Å². The Kier molecular flexibility index (Phi) is 6.71. The lowest BCUT2D eigenvalue weighted by Gasteiger charge is -2.50. The van der Waals surface area contributed by atoms with Crippen molar-refractivity contribution in [1.29, 1.82) is 0 Å². The van der Waals surface area contributed by atoms with Gasteiger partial charge in [-0.15, -0.1) is 0 Å². The predicted molar refractivity (Wildman–Crippen MR) is 142 cm³/mol. The quantitative estimate of drug-likeness (QED) is 0.453. The number of amides is 1. The molecule has 0 radical (unpaired) electrons. The third-order valence-corrected chi connectivity index (χ3v) is 8.58. The van der Waals surface area contributed by atoms with Gasteiger partial charge in [0, 0.05) is 18.3 Å². The van der Waals surface area contributed by atoms with Crippen LogP contribution in [-0.2, 0) is 20.7 Å². The van der Waals surface area contributed by atoms with Crippen LogP contribution >= 0.6 is 0 Å². The highest BCUT2D eigenvalue weighted by molar-refractivity contribution is 5.92. The summed E-state index contributed by atoms with van der Waals surface area (Å²) in [4.78, 5) is 28.5. The number of carbonyl (C=O) groups is 2. The molecule has 0 spiro atoms. The molecule has 0 unspecified atom stereocenters. The fourth-order valence-electron chi connectivity index (χ4n) is 7.07. The average Bonchev–Trinajstić information content (AvgIpc) is 3.18. The Balaban J connectivity index is 1.25. The predicted octanol–water partition coefficient (Wildman–Crippen LogP) is 6.83. The van der Waals surface area contributed by atoms with Gasteiger partial charge in [0.15, 0.2) is 0 Å². The topological polar surface area (TPSA) is 68.3 Å². The van der Waals surface area contributed by atoms with E-state index in [9.17, 15) is 14.0 Å². The largest absolute Gasteiger partial charge is 0.460 e. The Hall–Kier alpha value is -3.02. The van der Waals surface area contributed by atoms with Crippen LogP contribution in [0.25, 0.3) is 5.57 Å². The number of pyridine rings is 1. The second-order valence-corrected chi connectivity index (χ2v) is 12.2. The molecule has 0 bridgehead atoms. The molecule has 1 heterocycles. The monoisotopic (exact) mass is 504 g/mol. The SMILES string of the molecule is CC(C)(C)OC(=O)CCC(=O)Nc1ccc2c(c1)CC[C@@H]1[C@@H]2CC[C@]2(C)C(c3cncc(F)c3)=CC[C@@H]12. The number of esters is 1. The number of aryl methyl sites for hydroxylation is 1. The zero-order valence-corrected chi connectivity index (χ0v) is 22.3. The van der Waals surface area contributed by atoms with Crippen LogP contribution in [-0.4, -0.2) is 22.5 Å². The van der Waals surface area contributed by atoms with Crippen LogP contribution in [0.1, 0.15) is 88.8 Å². The number of allylic oxidation sites excluding steroid dienone is 2. The van der Waals surface area contributed by atoms with E-state index in [2.05, 4.69) is 35.4 Å². The number of fused-ring (bicyclic) bond motifs is 5. The van der Waals surface area contributed by atoms with Crippen molar-refractivity contribution in [2.24, 2.45) is 17.3 Å². The maximum atomic E-state index is 13.9. The molecule has 0 aliphatic heterocycles. The van der Waals surface area contributed by atoms with Crippen LogP contribution in [0.5, 0.6) is 0 Å².